The molecule has 0 atom stereocenters. The first-order valence-electron chi connectivity index (χ1n) is 6.58. The van der Waals surface area contributed by atoms with Crippen LogP contribution in [0.2, 0.25) is 0 Å². The van der Waals surface area contributed by atoms with E-state index in [4.69, 9.17) is 7.85 Å². The average Bonchev–Trinajstić information content (AvgIpc) is 2.39. The summed E-state index contributed by atoms with van der Waals surface area (Å²) in [6.07, 6.45) is 0. The third-order valence-electron chi connectivity index (χ3n) is 2.98. The second kappa shape index (κ2) is 6.28. The zero-order valence-electron chi connectivity index (χ0n) is 11.7. The summed E-state index contributed by atoms with van der Waals surface area (Å²) in [5.74, 6) is 0.477. The Morgan fingerprint density at radius 2 is 1.65 bits per heavy atom. The molecule has 2 N–H and O–H groups in total. The van der Waals surface area contributed by atoms with Crippen LogP contribution in [0.15, 0.2) is 48.5 Å². The fourth-order valence-corrected chi connectivity index (χ4v) is 1.86. The Morgan fingerprint density at radius 3 is 2.25 bits per heavy atom. The first-order valence-corrected chi connectivity index (χ1v) is 6.58. The van der Waals surface area contributed by atoms with Crippen molar-refractivity contribution in [2.24, 2.45) is 0 Å². The van der Waals surface area contributed by atoms with Gasteiger partial charge >= 0.3 is 6.03 Å². The summed E-state index contributed by atoms with van der Waals surface area (Å²) in [7, 11) is 5.66. The maximum absolute atomic E-state index is 11.8. The molecular weight excluding hydrogens is 247 g/mol. The molecule has 100 valence electrons. The summed E-state index contributed by atoms with van der Waals surface area (Å²) < 4.78 is 0. The first-order chi connectivity index (χ1) is 9.54. The fourth-order valence-electron chi connectivity index (χ4n) is 1.86. The maximum atomic E-state index is 11.8. The second-order valence-corrected chi connectivity index (χ2v) is 4.98. The number of rotatable bonds is 3. The van der Waals surface area contributed by atoms with Crippen molar-refractivity contribution in [3.8, 4) is 0 Å². The zero-order valence-corrected chi connectivity index (χ0v) is 11.7. The lowest BCUT2D eigenvalue weighted by atomic mass is 9.96. The molecule has 0 heterocycles. The minimum absolute atomic E-state index is 0.284. The van der Waals surface area contributed by atoms with Gasteiger partial charge in [-0.25, -0.2) is 4.79 Å². The van der Waals surface area contributed by atoms with E-state index in [1.165, 1.54) is 5.56 Å². The monoisotopic (exact) mass is 264 g/mol. The normalized spacial score (nSPS) is 10.3. The van der Waals surface area contributed by atoms with Crippen LogP contribution in [0.25, 0.3) is 0 Å². The van der Waals surface area contributed by atoms with Gasteiger partial charge in [-0.2, -0.15) is 0 Å². The van der Waals surface area contributed by atoms with Crippen LogP contribution in [0.3, 0.4) is 0 Å². The van der Waals surface area contributed by atoms with Gasteiger partial charge in [0.25, 0.3) is 0 Å². The third kappa shape index (κ3) is 3.88. The topological polar surface area (TPSA) is 41.1 Å². The third-order valence-corrected chi connectivity index (χ3v) is 2.98. The first kappa shape index (κ1) is 14.2. The lowest BCUT2D eigenvalue weighted by Gasteiger charge is -2.10. The van der Waals surface area contributed by atoms with Gasteiger partial charge in [-0.3, -0.25) is 0 Å². The summed E-state index contributed by atoms with van der Waals surface area (Å²) in [6.45, 7) is 4.27. The summed E-state index contributed by atoms with van der Waals surface area (Å²) in [5, 5.41) is 5.52. The van der Waals surface area contributed by atoms with Crippen molar-refractivity contribution in [3.63, 3.8) is 0 Å². The molecule has 0 saturated heterocycles. The van der Waals surface area contributed by atoms with E-state index >= 15 is 0 Å². The number of nitrogens with one attached hydrogen (secondary N) is 2. The van der Waals surface area contributed by atoms with Crippen molar-refractivity contribution in [1.29, 1.82) is 0 Å². The van der Waals surface area contributed by atoms with Crippen LogP contribution in [0, 0.1) is 0 Å². The van der Waals surface area contributed by atoms with Crippen molar-refractivity contribution >= 4 is 30.7 Å². The molecule has 3 nitrogen and oxygen atoms in total. The van der Waals surface area contributed by atoms with Crippen LogP contribution in [0.4, 0.5) is 16.2 Å². The van der Waals surface area contributed by atoms with E-state index in [1.54, 1.807) is 24.3 Å². The molecule has 0 fully saturated rings. The highest BCUT2D eigenvalue weighted by molar-refractivity contribution is 6.32. The molecular formula is C16H17BN2O. The average molecular weight is 264 g/mol. The standard InChI is InChI=1S/C16H17BN2O/c1-11(2)12-6-8-14(9-7-12)18-16(20)19-15-5-3-4-13(17)10-15/h3-11H,1-2H3,(H2,18,19,20). The molecule has 2 rings (SSSR count). The SMILES string of the molecule is [B]c1cccc(NC(=O)Nc2ccc(C(C)C)cc2)c1. The smallest absolute Gasteiger partial charge is 0.308 e. The van der Waals surface area contributed by atoms with Gasteiger partial charge in [0.05, 0.1) is 0 Å². The lowest BCUT2D eigenvalue weighted by molar-refractivity contribution is 0.262. The molecule has 0 spiro atoms. The van der Waals surface area contributed by atoms with Crippen molar-refractivity contribution in [3.05, 3.63) is 54.1 Å². The molecule has 2 radical (unpaired) electrons. The molecule has 0 aliphatic carbocycles. The molecule has 0 aliphatic rings. The highest BCUT2D eigenvalue weighted by Crippen LogP contribution is 2.17. The van der Waals surface area contributed by atoms with Crippen LogP contribution >= 0.6 is 0 Å². The van der Waals surface area contributed by atoms with Gasteiger partial charge in [-0.05, 0) is 35.7 Å². The fraction of sp³-hybridized carbons (Fsp3) is 0.188. The Morgan fingerprint density at radius 1 is 1.00 bits per heavy atom. The van der Waals surface area contributed by atoms with Gasteiger partial charge in [-0.15, -0.1) is 0 Å². The van der Waals surface area contributed by atoms with E-state index in [0.29, 0.717) is 17.1 Å². The molecule has 0 aromatic heterocycles. The highest BCUT2D eigenvalue weighted by atomic mass is 16.2. The van der Waals surface area contributed by atoms with E-state index in [1.807, 2.05) is 24.3 Å². The Kier molecular flexibility index (Phi) is 4.46. The van der Waals surface area contributed by atoms with Crippen molar-refractivity contribution in [1.82, 2.24) is 0 Å². The van der Waals surface area contributed by atoms with Crippen molar-refractivity contribution in [2.75, 3.05) is 10.6 Å². The number of carbonyl (C=O) groups is 1. The molecule has 2 amide bonds. The van der Waals surface area contributed by atoms with E-state index in [2.05, 4.69) is 24.5 Å². The van der Waals surface area contributed by atoms with E-state index in [0.717, 1.165) is 5.69 Å². The van der Waals surface area contributed by atoms with Crippen LogP contribution < -0.4 is 16.1 Å². The lowest BCUT2D eigenvalue weighted by Crippen LogP contribution is -2.20. The molecule has 2 aromatic rings. The predicted molar refractivity (Wildman–Crippen MR) is 85.0 cm³/mol. The Balaban J connectivity index is 1.97. The van der Waals surface area contributed by atoms with Gasteiger partial charge in [0.2, 0.25) is 0 Å². The van der Waals surface area contributed by atoms with Crippen molar-refractivity contribution in [2.45, 2.75) is 19.8 Å². The summed E-state index contributed by atoms with van der Waals surface area (Å²) in [4.78, 5) is 11.8. The Labute approximate surface area is 120 Å². The minimum Gasteiger partial charge on any atom is -0.308 e. The number of hydrogen-bond donors (Lipinski definition) is 2. The summed E-state index contributed by atoms with van der Waals surface area (Å²) in [6, 6.07) is 14.6. The van der Waals surface area contributed by atoms with Gasteiger partial charge in [0.15, 0.2) is 0 Å². The zero-order chi connectivity index (χ0) is 14.5. The summed E-state index contributed by atoms with van der Waals surface area (Å²) in [5.41, 5.74) is 3.29. The highest BCUT2D eigenvalue weighted by Gasteiger charge is 2.03. The Bertz CT molecular complexity index is 594. The van der Waals surface area contributed by atoms with Gasteiger partial charge in [-0.1, -0.05) is 43.6 Å². The second-order valence-electron chi connectivity index (χ2n) is 4.98. The molecule has 0 bridgehead atoms. The number of hydrogen-bond acceptors (Lipinski definition) is 1. The van der Waals surface area contributed by atoms with Crippen LogP contribution in [-0.2, 0) is 0 Å². The number of anilines is 2. The number of carbonyl (C=O) groups excluding carboxylic acids is 1. The molecule has 0 saturated carbocycles. The maximum Gasteiger partial charge on any atom is 0.323 e. The van der Waals surface area contributed by atoms with Crippen LogP contribution in [-0.4, -0.2) is 13.9 Å². The van der Waals surface area contributed by atoms with E-state index in [9.17, 15) is 4.79 Å². The number of urea groups is 1. The van der Waals surface area contributed by atoms with Crippen molar-refractivity contribution < 1.29 is 4.79 Å². The van der Waals surface area contributed by atoms with E-state index < -0.39 is 0 Å². The molecule has 4 heteroatoms. The quantitative estimate of drug-likeness (QED) is 0.821. The van der Waals surface area contributed by atoms with Crippen LogP contribution in [0.1, 0.15) is 25.3 Å². The van der Waals surface area contributed by atoms with Gasteiger partial charge < -0.3 is 10.6 Å². The van der Waals surface area contributed by atoms with E-state index in [-0.39, 0.29) is 6.03 Å². The largest absolute Gasteiger partial charge is 0.323 e. The molecule has 0 aliphatic heterocycles. The van der Waals surface area contributed by atoms with Gasteiger partial charge in [0.1, 0.15) is 7.85 Å². The van der Waals surface area contributed by atoms with Gasteiger partial charge in [0, 0.05) is 11.4 Å². The molecule has 2 aromatic carbocycles. The molecule has 0 unspecified atom stereocenters. The Hall–Kier alpha value is -2.23. The minimum atomic E-state index is -0.284. The predicted octanol–water partition coefficient (Wildman–Crippen LogP) is 3.25. The number of amides is 2. The summed E-state index contributed by atoms with van der Waals surface area (Å²) >= 11 is 0. The molecule has 20 heavy (non-hydrogen) atoms. The van der Waals surface area contributed by atoms with Crippen LogP contribution in [0.5, 0.6) is 0 Å². The number of benzene rings is 2.